The molecule has 1 aliphatic rings. The summed E-state index contributed by atoms with van der Waals surface area (Å²) in [5.41, 5.74) is 6.67. The van der Waals surface area contributed by atoms with Crippen LogP contribution in [0.5, 0.6) is 0 Å². The summed E-state index contributed by atoms with van der Waals surface area (Å²) >= 11 is 0. The Morgan fingerprint density at radius 3 is 2.75 bits per heavy atom. The molecule has 0 bridgehead atoms. The number of anilines is 2. The van der Waals surface area contributed by atoms with Crippen LogP contribution >= 0.6 is 0 Å². The van der Waals surface area contributed by atoms with Crippen LogP contribution in [0.4, 0.5) is 11.4 Å². The summed E-state index contributed by atoms with van der Waals surface area (Å²) in [6, 6.07) is 4.96. The minimum absolute atomic E-state index is 0.0451. The Hall–Kier alpha value is -1.31. The lowest BCUT2D eigenvalue weighted by molar-refractivity contribution is 0.0297. The van der Waals surface area contributed by atoms with E-state index in [1.165, 1.54) is 6.07 Å². The maximum Gasteiger partial charge on any atom is 0.240 e. The van der Waals surface area contributed by atoms with E-state index in [9.17, 15) is 8.42 Å². The SMILES string of the molecule is CCC1COC(C)CN1c1ccc(N)cc1S(N)(=O)=O. The summed E-state index contributed by atoms with van der Waals surface area (Å²) in [7, 11) is -3.82. The Balaban J connectivity index is 2.50. The largest absolute Gasteiger partial charge is 0.399 e. The molecule has 0 aromatic heterocycles. The number of morpholine rings is 1. The summed E-state index contributed by atoms with van der Waals surface area (Å²) in [5, 5.41) is 5.31. The molecular formula is C13H21N3O3S. The molecule has 1 aromatic carbocycles. The molecule has 0 aliphatic carbocycles. The molecule has 0 amide bonds. The van der Waals surface area contributed by atoms with Crippen LogP contribution in [0.2, 0.25) is 0 Å². The van der Waals surface area contributed by atoms with Gasteiger partial charge in [-0.2, -0.15) is 0 Å². The number of nitrogens with zero attached hydrogens (tertiary/aromatic N) is 1. The van der Waals surface area contributed by atoms with Crippen LogP contribution in [0.15, 0.2) is 23.1 Å². The number of ether oxygens (including phenoxy) is 1. The summed E-state index contributed by atoms with van der Waals surface area (Å²) in [4.78, 5) is 2.12. The lowest BCUT2D eigenvalue weighted by Crippen LogP contribution is -2.49. The van der Waals surface area contributed by atoms with Crippen molar-refractivity contribution in [2.24, 2.45) is 5.14 Å². The summed E-state index contributed by atoms with van der Waals surface area (Å²) < 4.78 is 29.2. The van der Waals surface area contributed by atoms with Gasteiger partial charge in [-0.05, 0) is 31.5 Å². The van der Waals surface area contributed by atoms with Crippen molar-refractivity contribution in [3.05, 3.63) is 18.2 Å². The zero-order valence-corrected chi connectivity index (χ0v) is 12.6. The highest BCUT2D eigenvalue weighted by Crippen LogP contribution is 2.31. The van der Waals surface area contributed by atoms with Crippen LogP contribution in [0.25, 0.3) is 0 Å². The number of sulfonamides is 1. The normalized spacial score (nSPS) is 23.9. The van der Waals surface area contributed by atoms with Gasteiger partial charge in [0, 0.05) is 12.2 Å². The zero-order valence-electron chi connectivity index (χ0n) is 11.7. The molecule has 0 radical (unpaired) electrons. The second-order valence-corrected chi connectivity index (χ2v) is 6.66. The minimum Gasteiger partial charge on any atom is -0.399 e. The summed E-state index contributed by atoms with van der Waals surface area (Å²) in [6.07, 6.45) is 0.907. The molecule has 7 heteroatoms. The van der Waals surface area contributed by atoms with Crippen LogP contribution in [-0.4, -0.2) is 33.7 Å². The van der Waals surface area contributed by atoms with Crippen molar-refractivity contribution in [1.82, 2.24) is 0 Å². The standard InChI is InChI=1S/C13H21N3O3S/c1-3-11-8-19-9(2)7-16(11)12-5-4-10(14)6-13(12)20(15,17)18/h4-6,9,11H,3,7-8,14H2,1-2H3,(H2,15,17,18). The van der Waals surface area contributed by atoms with E-state index in [-0.39, 0.29) is 17.0 Å². The van der Waals surface area contributed by atoms with Gasteiger partial charge < -0.3 is 15.4 Å². The molecule has 112 valence electrons. The topological polar surface area (TPSA) is 98.7 Å². The summed E-state index contributed by atoms with van der Waals surface area (Å²) in [6.45, 7) is 5.22. The fraction of sp³-hybridized carbons (Fsp3) is 0.538. The molecule has 1 aliphatic heterocycles. The van der Waals surface area contributed by atoms with E-state index < -0.39 is 10.0 Å². The van der Waals surface area contributed by atoms with Crippen molar-refractivity contribution < 1.29 is 13.2 Å². The van der Waals surface area contributed by atoms with Crippen molar-refractivity contribution in [3.63, 3.8) is 0 Å². The van der Waals surface area contributed by atoms with Gasteiger partial charge in [0.1, 0.15) is 4.90 Å². The highest BCUT2D eigenvalue weighted by atomic mass is 32.2. The van der Waals surface area contributed by atoms with E-state index >= 15 is 0 Å². The van der Waals surface area contributed by atoms with Gasteiger partial charge >= 0.3 is 0 Å². The predicted octanol–water partition coefficient (Wildman–Crippen LogP) is 0.920. The third kappa shape index (κ3) is 3.05. The molecule has 2 unspecified atom stereocenters. The molecular weight excluding hydrogens is 278 g/mol. The van der Waals surface area contributed by atoms with E-state index in [4.69, 9.17) is 15.6 Å². The fourth-order valence-electron chi connectivity index (χ4n) is 2.47. The van der Waals surface area contributed by atoms with Gasteiger partial charge in [0.2, 0.25) is 10.0 Å². The van der Waals surface area contributed by atoms with Crippen LogP contribution in [-0.2, 0) is 14.8 Å². The lowest BCUT2D eigenvalue weighted by Gasteiger charge is -2.40. The zero-order chi connectivity index (χ0) is 14.9. The van der Waals surface area contributed by atoms with Gasteiger partial charge in [0.15, 0.2) is 0 Å². The first kappa shape index (κ1) is 15.1. The van der Waals surface area contributed by atoms with Gasteiger partial charge in [-0.15, -0.1) is 0 Å². The summed E-state index contributed by atoms with van der Waals surface area (Å²) in [5.74, 6) is 0. The van der Waals surface area contributed by atoms with Gasteiger partial charge in [-0.25, -0.2) is 13.6 Å². The quantitative estimate of drug-likeness (QED) is 0.809. The first-order valence-corrected chi connectivity index (χ1v) is 8.18. The molecule has 2 rings (SSSR count). The number of nitrogens with two attached hydrogens (primary N) is 2. The molecule has 0 saturated carbocycles. The van der Waals surface area contributed by atoms with E-state index in [2.05, 4.69) is 0 Å². The Bertz CT molecular complexity index is 589. The van der Waals surface area contributed by atoms with Crippen LogP contribution in [0.3, 0.4) is 0 Å². The number of benzene rings is 1. The minimum atomic E-state index is -3.82. The van der Waals surface area contributed by atoms with E-state index in [1.54, 1.807) is 12.1 Å². The molecule has 6 nitrogen and oxygen atoms in total. The molecule has 1 saturated heterocycles. The Labute approximate surface area is 119 Å². The molecule has 4 N–H and O–H groups in total. The third-order valence-corrected chi connectivity index (χ3v) is 4.48. The molecule has 1 heterocycles. The lowest BCUT2D eigenvalue weighted by atomic mass is 10.1. The second-order valence-electron chi connectivity index (χ2n) is 5.13. The average molecular weight is 299 g/mol. The van der Waals surface area contributed by atoms with E-state index in [1.807, 2.05) is 18.7 Å². The van der Waals surface area contributed by atoms with Crippen molar-refractivity contribution in [1.29, 1.82) is 0 Å². The van der Waals surface area contributed by atoms with Crippen LogP contribution in [0, 0.1) is 0 Å². The molecule has 0 spiro atoms. The first-order chi connectivity index (χ1) is 9.32. The Morgan fingerprint density at radius 2 is 2.15 bits per heavy atom. The molecule has 2 atom stereocenters. The van der Waals surface area contributed by atoms with Crippen molar-refractivity contribution in [2.45, 2.75) is 37.3 Å². The smallest absolute Gasteiger partial charge is 0.240 e. The van der Waals surface area contributed by atoms with Gasteiger partial charge in [0.25, 0.3) is 0 Å². The number of nitrogen functional groups attached to an aromatic ring is 1. The van der Waals surface area contributed by atoms with Crippen LogP contribution < -0.4 is 15.8 Å². The highest BCUT2D eigenvalue weighted by Gasteiger charge is 2.29. The molecule has 1 fully saturated rings. The van der Waals surface area contributed by atoms with Crippen molar-refractivity contribution in [2.75, 3.05) is 23.8 Å². The first-order valence-electron chi connectivity index (χ1n) is 6.63. The monoisotopic (exact) mass is 299 g/mol. The Kier molecular flexibility index (Phi) is 4.22. The van der Waals surface area contributed by atoms with Crippen molar-refractivity contribution >= 4 is 21.4 Å². The van der Waals surface area contributed by atoms with E-state index in [0.29, 0.717) is 24.5 Å². The molecule has 1 aromatic rings. The highest BCUT2D eigenvalue weighted by molar-refractivity contribution is 7.89. The van der Waals surface area contributed by atoms with Crippen molar-refractivity contribution in [3.8, 4) is 0 Å². The predicted molar refractivity (Wildman–Crippen MR) is 79.1 cm³/mol. The maximum atomic E-state index is 11.8. The third-order valence-electron chi connectivity index (χ3n) is 3.54. The average Bonchev–Trinajstić information content (AvgIpc) is 2.37. The number of primary sulfonamides is 1. The fourth-order valence-corrected chi connectivity index (χ4v) is 3.25. The number of rotatable bonds is 3. The van der Waals surface area contributed by atoms with Gasteiger partial charge in [-0.1, -0.05) is 6.92 Å². The number of hydrogen-bond acceptors (Lipinski definition) is 5. The van der Waals surface area contributed by atoms with E-state index in [0.717, 1.165) is 6.42 Å². The van der Waals surface area contributed by atoms with Gasteiger partial charge in [0.05, 0.1) is 24.4 Å². The Morgan fingerprint density at radius 1 is 1.45 bits per heavy atom. The number of hydrogen-bond donors (Lipinski definition) is 2. The van der Waals surface area contributed by atoms with Gasteiger partial charge in [-0.3, -0.25) is 0 Å². The maximum absolute atomic E-state index is 11.8. The molecule has 20 heavy (non-hydrogen) atoms. The van der Waals surface area contributed by atoms with Crippen LogP contribution in [0.1, 0.15) is 20.3 Å². The second kappa shape index (κ2) is 5.59.